The van der Waals surface area contributed by atoms with E-state index < -0.39 is 12.0 Å². The number of carbonyl (C=O) groups is 1. The van der Waals surface area contributed by atoms with E-state index in [0.717, 1.165) is 27.8 Å². The summed E-state index contributed by atoms with van der Waals surface area (Å²) in [6, 6.07) is 16.2. The molecule has 0 aliphatic rings. The maximum Gasteiger partial charge on any atom is 0.266 e. The highest BCUT2D eigenvalue weighted by atomic mass is 35.5. The summed E-state index contributed by atoms with van der Waals surface area (Å²) in [5.74, 6) is 0.475. The van der Waals surface area contributed by atoms with Crippen LogP contribution in [0.25, 0.3) is 22.6 Å². The van der Waals surface area contributed by atoms with Crippen LogP contribution in [0.3, 0.4) is 0 Å². The standard InChI is InChI=1S/C25H21Cl2N3O3S/c1-13-10-14(2)22-20(11-13)29-24(33-22)16-4-7-18(8-5-16)28-25(34)30-23(31)15(3)32-21-9-6-17(26)12-19(21)27/h4-12,15H,1-3H3,(H2,28,30,31,34). The van der Waals surface area contributed by atoms with E-state index >= 15 is 0 Å². The fraction of sp³-hybridized carbons (Fsp3) is 0.160. The molecule has 34 heavy (non-hydrogen) atoms. The zero-order valence-electron chi connectivity index (χ0n) is 18.6. The highest BCUT2D eigenvalue weighted by Crippen LogP contribution is 2.29. The van der Waals surface area contributed by atoms with Crippen LogP contribution in [0.5, 0.6) is 5.75 Å². The van der Waals surface area contributed by atoms with Crippen LogP contribution in [0, 0.1) is 13.8 Å². The van der Waals surface area contributed by atoms with Gasteiger partial charge in [0.15, 0.2) is 16.8 Å². The number of halogens is 2. The molecule has 1 aromatic heterocycles. The summed E-state index contributed by atoms with van der Waals surface area (Å²) in [5.41, 5.74) is 5.32. The van der Waals surface area contributed by atoms with Crippen molar-refractivity contribution < 1.29 is 13.9 Å². The number of benzene rings is 3. The minimum atomic E-state index is -0.827. The van der Waals surface area contributed by atoms with Crippen molar-refractivity contribution in [3.8, 4) is 17.2 Å². The smallest absolute Gasteiger partial charge is 0.266 e. The summed E-state index contributed by atoms with van der Waals surface area (Å²) in [6.45, 7) is 5.63. The van der Waals surface area contributed by atoms with E-state index in [0.29, 0.717) is 27.4 Å². The number of nitrogens with one attached hydrogen (secondary N) is 2. The van der Waals surface area contributed by atoms with Crippen LogP contribution in [0.15, 0.2) is 59.0 Å². The fourth-order valence-corrected chi connectivity index (χ4v) is 4.06. The Balaban J connectivity index is 1.37. The number of hydrogen-bond acceptors (Lipinski definition) is 5. The first kappa shape index (κ1) is 24.0. The number of nitrogens with zero attached hydrogens (tertiary/aromatic N) is 1. The van der Waals surface area contributed by atoms with E-state index in [4.69, 9.17) is 44.6 Å². The summed E-state index contributed by atoms with van der Waals surface area (Å²) in [6.07, 6.45) is -0.827. The second-order valence-corrected chi connectivity index (χ2v) is 9.06. The lowest BCUT2D eigenvalue weighted by molar-refractivity contribution is -0.125. The van der Waals surface area contributed by atoms with Crippen LogP contribution >= 0.6 is 35.4 Å². The lowest BCUT2D eigenvalue weighted by Crippen LogP contribution is -2.42. The number of amides is 1. The average molecular weight is 514 g/mol. The normalized spacial score (nSPS) is 11.8. The first-order valence-corrected chi connectivity index (χ1v) is 11.6. The van der Waals surface area contributed by atoms with Gasteiger partial charge in [0.1, 0.15) is 11.3 Å². The molecule has 2 N–H and O–H groups in total. The van der Waals surface area contributed by atoms with Crippen LogP contribution in [0.2, 0.25) is 10.0 Å². The third-order valence-electron chi connectivity index (χ3n) is 5.01. The van der Waals surface area contributed by atoms with E-state index in [2.05, 4.69) is 21.7 Å². The SMILES string of the molecule is Cc1cc(C)c2oc(-c3ccc(NC(=S)NC(=O)C(C)Oc4ccc(Cl)cc4Cl)cc3)nc2c1. The Labute approximate surface area is 212 Å². The van der Waals surface area contributed by atoms with E-state index in [-0.39, 0.29) is 5.11 Å². The summed E-state index contributed by atoms with van der Waals surface area (Å²) in [5, 5.41) is 6.53. The number of fused-ring (bicyclic) bond motifs is 1. The Morgan fingerprint density at radius 1 is 1.09 bits per heavy atom. The lowest BCUT2D eigenvalue weighted by Gasteiger charge is -2.16. The fourth-order valence-electron chi connectivity index (χ4n) is 3.39. The molecule has 9 heteroatoms. The number of aromatic nitrogens is 1. The highest BCUT2D eigenvalue weighted by molar-refractivity contribution is 7.80. The van der Waals surface area contributed by atoms with Crippen LogP contribution in [-0.4, -0.2) is 22.1 Å². The molecular formula is C25H21Cl2N3O3S. The van der Waals surface area contributed by atoms with E-state index in [1.165, 1.54) is 0 Å². The van der Waals surface area contributed by atoms with Crippen molar-refractivity contribution in [3.63, 3.8) is 0 Å². The largest absolute Gasteiger partial charge is 0.479 e. The average Bonchev–Trinajstić information content (AvgIpc) is 3.20. The number of ether oxygens (including phenoxy) is 1. The van der Waals surface area contributed by atoms with Crippen molar-refractivity contribution >= 4 is 63.2 Å². The van der Waals surface area contributed by atoms with E-state index in [9.17, 15) is 4.79 Å². The molecule has 0 fully saturated rings. The molecule has 1 atom stereocenters. The van der Waals surface area contributed by atoms with Gasteiger partial charge in [-0.15, -0.1) is 0 Å². The van der Waals surface area contributed by atoms with Gasteiger partial charge in [0.05, 0.1) is 5.02 Å². The Hall–Kier alpha value is -3.13. The third-order valence-corrected chi connectivity index (χ3v) is 5.75. The lowest BCUT2D eigenvalue weighted by atomic mass is 10.1. The van der Waals surface area contributed by atoms with Crippen molar-refractivity contribution in [2.75, 3.05) is 5.32 Å². The number of rotatable bonds is 5. The molecule has 0 saturated carbocycles. The number of aryl methyl sites for hydroxylation is 2. The monoisotopic (exact) mass is 513 g/mol. The molecule has 1 unspecified atom stereocenters. The maximum atomic E-state index is 12.4. The Morgan fingerprint density at radius 3 is 2.53 bits per heavy atom. The molecule has 1 heterocycles. The van der Waals surface area contributed by atoms with Crippen LogP contribution < -0.4 is 15.4 Å². The number of anilines is 1. The second-order valence-electron chi connectivity index (χ2n) is 7.80. The molecule has 1 amide bonds. The quantitative estimate of drug-likeness (QED) is 0.289. The second kappa shape index (κ2) is 10.0. The predicted molar refractivity (Wildman–Crippen MR) is 140 cm³/mol. The molecule has 174 valence electrons. The third kappa shape index (κ3) is 5.50. The molecule has 0 aliphatic carbocycles. The van der Waals surface area contributed by atoms with Crippen LogP contribution in [0.1, 0.15) is 18.1 Å². The van der Waals surface area contributed by atoms with Gasteiger partial charge >= 0.3 is 0 Å². The number of thiocarbonyl (C=S) groups is 1. The Bertz CT molecular complexity index is 1390. The molecule has 0 saturated heterocycles. The first-order valence-electron chi connectivity index (χ1n) is 10.4. The van der Waals surface area contributed by atoms with Gasteiger partial charge in [-0.3, -0.25) is 10.1 Å². The summed E-state index contributed by atoms with van der Waals surface area (Å²) >= 11 is 17.2. The first-order chi connectivity index (χ1) is 16.2. The van der Waals surface area contributed by atoms with Crippen molar-refractivity contribution in [1.82, 2.24) is 10.3 Å². The predicted octanol–water partition coefficient (Wildman–Crippen LogP) is 6.70. The molecule has 0 bridgehead atoms. The van der Waals surface area contributed by atoms with Gasteiger partial charge in [0, 0.05) is 16.3 Å². The summed E-state index contributed by atoms with van der Waals surface area (Å²) < 4.78 is 11.6. The van der Waals surface area contributed by atoms with Crippen molar-refractivity contribution in [2.45, 2.75) is 26.9 Å². The van der Waals surface area contributed by atoms with E-state index in [1.54, 1.807) is 25.1 Å². The van der Waals surface area contributed by atoms with Crippen molar-refractivity contribution in [2.24, 2.45) is 0 Å². The van der Waals surface area contributed by atoms with Gasteiger partial charge in [-0.1, -0.05) is 29.3 Å². The molecule has 4 rings (SSSR count). The van der Waals surface area contributed by atoms with Crippen molar-refractivity contribution in [1.29, 1.82) is 0 Å². The number of carbonyl (C=O) groups excluding carboxylic acids is 1. The number of oxazole rings is 1. The van der Waals surface area contributed by atoms with Crippen LogP contribution in [0.4, 0.5) is 5.69 Å². The minimum Gasteiger partial charge on any atom is -0.479 e. The zero-order valence-corrected chi connectivity index (χ0v) is 20.9. The molecule has 0 radical (unpaired) electrons. The molecule has 0 spiro atoms. The summed E-state index contributed by atoms with van der Waals surface area (Å²) in [4.78, 5) is 17.0. The molecular weight excluding hydrogens is 493 g/mol. The van der Waals surface area contributed by atoms with Crippen molar-refractivity contribution in [3.05, 3.63) is 75.8 Å². The van der Waals surface area contributed by atoms with Gasteiger partial charge < -0.3 is 14.5 Å². The molecule has 4 aromatic rings. The van der Waals surface area contributed by atoms with Gasteiger partial charge in [-0.05, 0) is 92.6 Å². The van der Waals surface area contributed by atoms with Crippen LogP contribution in [-0.2, 0) is 4.79 Å². The Kier molecular flexibility index (Phi) is 7.07. The minimum absolute atomic E-state index is 0.142. The Morgan fingerprint density at radius 2 is 1.82 bits per heavy atom. The van der Waals surface area contributed by atoms with Gasteiger partial charge in [0.25, 0.3) is 5.91 Å². The number of hydrogen-bond donors (Lipinski definition) is 2. The van der Waals surface area contributed by atoms with E-state index in [1.807, 2.05) is 44.2 Å². The molecule has 0 aliphatic heterocycles. The van der Waals surface area contributed by atoms with Gasteiger partial charge in [0.2, 0.25) is 5.89 Å². The maximum absolute atomic E-state index is 12.4. The zero-order chi connectivity index (χ0) is 24.4. The topological polar surface area (TPSA) is 76.4 Å². The van der Waals surface area contributed by atoms with Gasteiger partial charge in [-0.25, -0.2) is 4.98 Å². The summed E-state index contributed by atoms with van der Waals surface area (Å²) in [7, 11) is 0. The van der Waals surface area contributed by atoms with Gasteiger partial charge in [-0.2, -0.15) is 0 Å². The highest BCUT2D eigenvalue weighted by Gasteiger charge is 2.18. The molecule has 3 aromatic carbocycles. The molecule has 6 nitrogen and oxygen atoms in total.